The summed E-state index contributed by atoms with van der Waals surface area (Å²) in [7, 11) is 0. The molecular weight excluding hydrogens is 618 g/mol. The van der Waals surface area contributed by atoms with Crippen molar-refractivity contribution < 1.29 is 28.7 Å². The molecular formula is C32H28Cl3FN2O5. The number of phenolic OH excluding ortho intramolecular Hbond substituents is 1. The number of rotatable bonds is 3. The smallest absolute Gasteiger partial charge is 0.258 e. The van der Waals surface area contributed by atoms with Crippen LogP contribution in [0.1, 0.15) is 56.4 Å². The molecule has 0 aromatic heterocycles. The molecule has 2 saturated heterocycles. The first-order valence-electron chi connectivity index (χ1n) is 14.6. The number of fused-ring (bicyclic) bond motifs is 4. The van der Waals surface area contributed by atoms with Gasteiger partial charge in [0.05, 0.1) is 17.5 Å². The molecule has 2 aromatic carbocycles. The molecule has 4 amide bonds. The first-order chi connectivity index (χ1) is 20.5. The van der Waals surface area contributed by atoms with E-state index in [0.29, 0.717) is 11.1 Å². The molecule has 5 aliphatic rings. The number of hydrogen-bond acceptors (Lipinski definition) is 5. The van der Waals surface area contributed by atoms with Crippen LogP contribution in [0.2, 0.25) is 5.02 Å². The molecule has 2 aromatic rings. The van der Waals surface area contributed by atoms with Crippen LogP contribution < -0.4 is 4.90 Å². The van der Waals surface area contributed by atoms with E-state index in [-0.39, 0.29) is 47.2 Å². The van der Waals surface area contributed by atoms with Gasteiger partial charge < -0.3 is 5.11 Å². The lowest BCUT2D eigenvalue weighted by molar-refractivity contribution is -0.143. The minimum atomic E-state index is -2.08. The summed E-state index contributed by atoms with van der Waals surface area (Å²) in [6.07, 6.45) is 6.44. The van der Waals surface area contributed by atoms with Crippen LogP contribution in [0.5, 0.6) is 5.75 Å². The van der Waals surface area contributed by atoms with Crippen LogP contribution in [0.25, 0.3) is 0 Å². The standard InChI is InChI=1S/C32H28Cl3FN2O5/c33-24-14-19(39)10-11-21(24)26-20-12-13-22-25(28(41)37(27(22)40)17-4-2-1-3-5-17)23(20)15-31(34)29(42)38(30(43)32(26,31)35)18-8-6-16(36)7-9-18/h6-12,14,17,22-23,25-26,39H,1-5,13,15H2. The fourth-order valence-corrected chi connectivity index (χ4v) is 9.43. The zero-order valence-electron chi connectivity index (χ0n) is 22.9. The van der Waals surface area contributed by atoms with E-state index in [1.54, 1.807) is 0 Å². The average Bonchev–Trinajstić information content (AvgIpc) is 3.32. The van der Waals surface area contributed by atoms with Gasteiger partial charge in [-0.1, -0.05) is 48.6 Å². The number of benzene rings is 2. The summed E-state index contributed by atoms with van der Waals surface area (Å²) in [5.41, 5.74) is 1.08. The maximum absolute atomic E-state index is 14.3. The van der Waals surface area contributed by atoms with Crippen LogP contribution in [-0.4, -0.2) is 49.4 Å². The van der Waals surface area contributed by atoms with Crippen LogP contribution in [-0.2, 0) is 19.2 Å². The van der Waals surface area contributed by atoms with Gasteiger partial charge in [0.1, 0.15) is 11.6 Å². The second-order valence-electron chi connectivity index (χ2n) is 12.3. The zero-order valence-corrected chi connectivity index (χ0v) is 25.2. The molecule has 2 aliphatic heterocycles. The predicted octanol–water partition coefficient (Wildman–Crippen LogP) is 6.08. The number of imide groups is 2. The fourth-order valence-electron chi connectivity index (χ4n) is 8.22. The van der Waals surface area contributed by atoms with Crippen molar-refractivity contribution in [3.8, 4) is 5.75 Å². The average molecular weight is 646 g/mol. The van der Waals surface area contributed by atoms with Gasteiger partial charge in [-0.3, -0.25) is 24.1 Å². The third kappa shape index (κ3) is 3.91. The number of carbonyl (C=O) groups is 4. The van der Waals surface area contributed by atoms with Crippen LogP contribution >= 0.6 is 34.8 Å². The molecule has 1 N–H and O–H groups in total. The van der Waals surface area contributed by atoms with Gasteiger partial charge in [0.2, 0.25) is 11.8 Å². The summed E-state index contributed by atoms with van der Waals surface area (Å²) >= 11 is 21.3. The summed E-state index contributed by atoms with van der Waals surface area (Å²) in [6.45, 7) is 0. The molecule has 6 unspecified atom stereocenters. The van der Waals surface area contributed by atoms with Crippen molar-refractivity contribution in [2.45, 2.75) is 66.7 Å². The van der Waals surface area contributed by atoms with Gasteiger partial charge in [0, 0.05) is 17.0 Å². The molecule has 4 fully saturated rings. The number of carbonyl (C=O) groups excluding carboxylic acids is 4. The van der Waals surface area contributed by atoms with E-state index in [4.69, 9.17) is 34.8 Å². The first kappa shape index (κ1) is 28.8. The third-order valence-corrected chi connectivity index (χ3v) is 11.9. The quantitative estimate of drug-likeness (QED) is 0.248. The molecule has 0 radical (unpaired) electrons. The highest BCUT2D eigenvalue weighted by Gasteiger charge is 2.76. The monoisotopic (exact) mass is 644 g/mol. The summed E-state index contributed by atoms with van der Waals surface area (Å²) in [5, 5.41) is 10.2. The number of phenols is 1. The molecule has 0 spiro atoms. The van der Waals surface area contributed by atoms with Crippen molar-refractivity contribution in [2.75, 3.05) is 4.90 Å². The highest BCUT2D eigenvalue weighted by molar-refractivity contribution is 6.58. The Morgan fingerprint density at radius 2 is 1.58 bits per heavy atom. The highest BCUT2D eigenvalue weighted by Crippen LogP contribution is 2.66. The Bertz CT molecular complexity index is 1610. The molecule has 11 heteroatoms. The Labute approximate surface area is 262 Å². The number of halogens is 4. The minimum Gasteiger partial charge on any atom is -0.508 e. The highest BCUT2D eigenvalue weighted by atomic mass is 35.5. The predicted molar refractivity (Wildman–Crippen MR) is 158 cm³/mol. The molecule has 2 heterocycles. The lowest BCUT2D eigenvalue weighted by Crippen LogP contribution is -2.60. The van der Waals surface area contributed by atoms with E-state index in [0.717, 1.165) is 49.1 Å². The summed E-state index contributed by atoms with van der Waals surface area (Å²) in [5.74, 6) is -5.84. The van der Waals surface area contributed by atoms with Gasteiger partial charge in [-0.05, 0) is 73.6 Å². The van der Waals surface area contributed by atoms with Crippen molar-refractivity contribution in [3.63, 3.8) is 0 Å². The van der Waals surface area contributed by atoms with Crippen molar-refractivity contribution in [1.29, 1.82) is 0 Å². The van der Waals surface area contributed by atoms with Crippen LogP contribution in [0, 0.1) is 23.6 Å². The zero-order chi connectivity index (χ0) is 30.4. The van der Waals surface area contributed by atoms with Crippen LogP contribution in [0.3, 0.4) is 0 Å². The van der Waals surface area contributed by atoms with Gasteiger partial charge in [-0.15, -0.1) is 23.2 Å². The number of anilines is 1. The number of alkyl halides is 2. The van der Waals surface area contributed by atoms with E-state index < -0.39 is 51.1 Å². The number of amides is 4. The fraction of sp³-hybridized carbons (Fsp3) is 0.438. The van der Waals surface area contributed by atoms with Gasteiger partial charge in [-0.2, -0.15) is 0 Å². The number of aromatic hydroxyl groups is 1. The van der Waals surface area contributed by atoms with Crippen molar-refractivity contribution in [3.05, 3.63) is 70.5 Å². The third-order valence-electron chi connectivity index (χ3n) is 10.2. The second-order valence-corrected chi connectivity index (χ2v) is 13.9. The molecule has 7 rings (SSSR count). The summed E-state index contributed by atoms with van der Waals surface area (Å²) < 4.78 is 13.8. The Morgan fingerprint density at radius 3 is 2.26 bits per heavy atom. The second kappa shape index (κ2) is 10.0. The maximum Gasteiger partial charge on any atom is 0.258 e. The molecule has 2 saturated carbocycles. The minimum absolute atomic E-state index is 0.103. The SMILES string of the molecule is O=C1C2CC=C3C(CC4(Cl)C(=O)N(c5ccc(F)cc5)C(=O)C4(Cl)C3c3ccc(O)cc3Cl)C2C(=O)N1C1CCCCC1. The lowest BCUT2D eigenvalue weighted by atomic mass is 9.56. The first-order valence-corrected chi connectivity index (χ1v) is 15.7. The Balaban J connectivity index is 1.39. The normalized spacial score (nSPS) is 34.3. The van der Waals surface area contributed by atoms with E-state index in [1.807, 2.05) is 6.08 Å². The maximum atomic E-state index is 14.3. The topological polar surface area (TPSA) is 95.0 Å². The van der Waals surface area contributed by atoms with Gasteiger partial charge in [-0.25, -0.2) is 9.29 Å². The molecule has 6 atom stereocenters. The number of hydrogen-bond donors (Lipinski definition) is 1. The Kier molecular flexibility index (Phi) is 6.73. The Morgan fingerprint density at radius 1 is 0.884 bits per heavy atom. The van der Waals surface area contributed by atoms with Crippen molar-refractivity contribution >= 4 is 64.1 Å². The summed E-state index contributed by atoms with van der Waals surface area (Å²) in [4.78, 5) is 54.7. The van der Waals surface area contributed by atoms with Crippen molar-refractivity contribution in [2.24, 2.45) is 17.8 Å². The number of allylic oxidation sites excluding steroid dienone is 2. The lowest BCUT2D eigenvalue weighted by Gasteiger charge is -2.51. The molecule has 43 heavy (non-hydrogen) atoms. The van der Waals surface area contributed by atoms with Crippen LogP contribution in [0.15, 0.2) is 54.1 Å². The molecule has 0 bridgehead atoms. The molecule has 7 nitrogen and oxygen atoms in total. The van der Waals surface area contributed by atoms with Gasteiger partial charge in [0.15, 0.2) is 9.75 Å². The summed E-state index contributed by atoms with van der Waals surface area (Å²) in [6, 6.07) is 8.96. The molecule has 3 aliphatic carbocycles. The van der Waals surface area contributed by atoms with Crippen LogP contribution in [0.4, 0.5) is 10.1 Å². The van der Waals surface area contributed by atoms with Crippen molar-refractivity contribution in [1.82, 2.24) is 4.90 Å². The Hall–Kier alpha value is -2.94. The number of nitrogens with zero attached hydrogens (tertiary/aromatic N) is 2. The van der Waals surface area contributed by atoms with E-state index in [2.05, 4.69) is 0 Å². The number of likely N-dealkylation sites (tertiary alicyclic amines) is 1. The van der Waals surface area contributed by atoms with Gasteiger partial charge in [0.25, 0.3) is 11.8 Å². The largest absolute Gasteiger partial charge is 0.508 e. The van der Waals surface area contributed by atoms with E-state index in [9.17, 15) is 28.7 Å². The molecule has 224 valence electrons. The van der Waals surface area contributed by atoms with E-state index >= 15 is 0 Å². The van der Waals surface area contributed by atoms with E-state index in [1.165, 1.54) is 35.2 Å². The van der Waals surface area contributed by atoms with Gasteiger partial charge >= 0.3 is 0 Å².